The lowest BCUT2D eigenvalue weighted by Gasteiger charge is -2.11. The smallest absolute Gasteiger partial charge is 0.277 e. The predicted octanol–water partition coefficient (Wildman–Crippen LogP) is 3.24. The van der Waals surface area contributed by atoms with Gasteiger partial charge in [-0.3, -0.25) is 4.79 Å². The van der Waals surface area contributed by atoms with Crippen molar-refractivity contribution >= 4 is 12.1 Å². The Morgan fingerprint density at radius 3 is 2.50 bits per heavy atom. The van der Waals surface area contributed by atoms with Gasteiger partial charge in [-0.05, 0) is 55.7 Å². The van der Waals surface area contributed by atoms with Gasteiger partial charge in [0.2, 0.25) is 0 Å². The van der Waals surface area contributed by atoms with Crippen LogP contribution in [0.25, 0.3) is 0 Å². The van der Waals surface area contributed by atoms with Crippen LogP contribution in [0.4, 0.5) is 0 Å². The van der Waals surface area contributed by atoms with E-state index in [0.29, 0.717) is 18.1 Å². The highest BCUT2D eigenvalue weighted by Crippen LogP contribution is 2.27. The minimum absolute atomic E-state index is 0.102. The van der Waals surface area contributed by atoms with Gasteiger partial charge in [-0.25, -0.2) is 5.43 Å². The van der Waals surface area contributed by atoms with Gasteiger partial charge in [-0.15, -0.1) is 0 Å². The number of aryl methyl sites for hydroxylation is 2. The van der Waals surface area contributed by atoms with Crippen molar-refractivity contribution in [3.63, 3.8) is 0 Å². The number of hydrazone groups is 1. The van der Waals surface area contributed by atoms with Gasteiger partial charge in [0, 0.05) is 0 Å². The molecule has 1 N–H and O–H groups in total. The summed E-state index contributed by atoms with van der Waals surface area (Å²) in [6.45, 7) is 6.25. The first-order valence-electron chi connectivity index (χ1n) is 8.37. The second-order valence-corrected chi connectivity index (χ2v) is 5.65. The number of nitrogens with one attached hydrogen (secondary N) is 1. The standard InChI is InChI=1S/C20H24N2O4/c1-5-25-17-10-9-16(11-18(17)24-4)12-21-22-19(23)13-26-20-14(2)7-6-8-15(20)3/h6-12H,5,13H2,1-4H3,(H,22,23)/b21-12+. The summed E-state index contributed by atoms with van der Waals surface area (Å²) < 4.78 is 16.3. The minimum Gasteiger partial charge on any atom is -0.493 e. The van der Waals surface area contributed by atoms with Gasteiger partial charge < -0.3 is 14.2 Å². The van der Waals surface area contributed by atoms with E-state index in [1.807, 2.05) is 45.0 Å². The number of rotatable bonds is 8. The highest BCUT2D eigenvalue weighted by Gasteiger charge is 2.07. The van der Waals surface area contributed by atoms with Crippen LogP contribution in [0.15, 0.2) is 41.5 Å². The Hall–Kier alpha value is -3.02. The first-order valence-corrected chi connectivity index (χ1v) is 8.37. The quantitative estimate of drug-likeness (QED) is 0.582. The van der Waals surface area contributed by atoms with E-state index >= 15 is 0 Å². The first kappa shape index (κ1) is 19.3. The Morgan fingerprint density at radius 2 is 1.85 bits per heavy atom. The van der Waals surface area contributed by atoms with E-state index in [1.54, 1.807) is 19.2 Å². The van der Waals surface area contributed by atoms with Gasteiger partial charge >= 0.3 is 0 Å². The van der Waals surface area contributed by atoms with E-state index in [1.165, 1.54) is 6.21 Å². The predicted molar refractivity (Wildman–Crippen MR) is 101 cm³/mol. The highest BCUT2D eigenvalue weighted by molar-refractivity contribution is 5.83. The third kappa shape index (κ3) is 5.24. The zero-order chi connectivity index (χ0) is 18.9. The van der Waals surface area contributed by atoms with Crippen LogP contribution in [0, 0.1) is 13.8 Å². The molecule has 0 aliphatic rings. The van der Waals surface area contributed by atoms with Crippen molar-refractivity contribution in [2.75, 3.05) is 20.3 Å². The summed E-state index contributed by atoms with van der Waals surface area (Å²) in [5, 5.41) is 3.95. The van der Waals surface area contributed by atoms with E-state index in [4.69, 9.17) is 14.2 Å². The fraction of sp³-hybridized carbons (Fsp3) is 0.300. The van der Waals surface area contributed by atoms with Crippen molar-refractivity contribution in [1.82, 2.24) is 5.43 Å². The Labute approximate surface area is 153 Å². The van der Waals surface area contributed by atoms with Crippen molar-refractivity contribution in [3.8, 4) is 17.2 Å². The molecule has 0 radical (unpaired) electrons. The minimum atomic E-state index is -0.332. The molecule has 6 nitrogen and oxygen atoms in total. The molecule has 0 unspecified atom stereocenters. The van der Waals surface area contributed by atoms with E-state index in [0.717, 1.165) is 22.4 Å². The average molecular weight is 356 g/mol. The molecular formula is C20H24N2O4. The normalized spacial score (nSPS) is 10.6. The molecule has 1 amide bonds. The fourth-order valence-corrected chi connectivity index (χ4v) is 2.41. The van der Waals surface area contributed by atoms with Crippen molar-refractivity contribution in [2.45, 2.75) is 20.8 Å². The molecule has 0 aliphatic heterocycles. The molecule has 0 atom stereocenters. The number of para-hydroxylation sites is 1. The van der Waals surface area contributed by atoms with E-state index in [9.17, 15) is 4.79 Å². The molecule has 26 heavy (non-hydrogen) atoms. The molecule has 0 saturated carbocycles. The number of carbonyl (C=O) groups is 1. The van der Waals surface area contributed by atoms with Crippen molar-refractivity contribution in [3.05, 3.63) is 53.1 Å². The zero-order valence-corrected chi connectivity index (χ0v) is 15.5. The SMILES string of the molecule is CCOc1ccc(/C=N/NC(=O)COc2c(C)cccc2C)cc1OC. The molecule has 0 spiro atoms. The summed E-state index contributed by atoms with van der Waals surface area (Å²) in [6, 6.07) is 11.3. The maximum Gasteiger partial charge on any atom is 0.277 e. The van der Waals surface area contributed by atoms with Crippen LogP contribution in [0.1, 0.15) is 23.6 Å². The fourth-order valence-electron chi connectivity index (χ4n) is 2.41. The molecule has 0 saturated heterocycles. The third-order valence-corrected chi connectivity index (χ3v) is 3.65. The zero-order valence-electron chi connectivity index (χ0n) is 15.5. The van der Waals surface area contributed by atoms with Crippen molar-refractivity contribution in [2.24, 2.45) is 5.10 Å². The van der Waals surface area contributed by atoms with E-state index < -0.39 is 0 Å². The molecule has 2 aromatic carbocycles. The van der Waals surface area contributed by atoms with Gasteiger partial charge in [0.1, 0.15) is 5.75 Å². The summed E-state index contributed by atoms with van der Waals surface area (Å²) in [7, 11) is 1.57. The number of carbonyl (C=O) groups excluding carboxylic acids is 1. The van der Waals surface area contributed by atoms with Crippen LogP contribution in [-0.4, -0.2) is 32.4 Å². The van der Waals surface area contributed by atoms with Crippen LogP contribution in [0.5, 0.6) is 17.2 Å². The Bertz CT molecular complexity index is 767. The number of methoxy groups -OCH3 is 1. The van der Waals surface area contributed by atoms with Crippen LogP contribution in [0.3, 0.4) is 0 Å². The number of ether oxygens (including phenoxy) is 3. The molecule has 0 aliphatic carbocycles. The molecule has 0 fully saturated rings. The summed E-state index contributed by atoms with van der Waals surface area (Å²) in [4.78, 5) is 11.9. The molecule has 2 aromatic rings. The molecule has 2 rings (SSSR count). The summed E-state index contributed by atoms with van der Waals surface area (Å²) in [6.07, 6.45) is 1.54. The molecule has 0 aromatic heterocycles. The molecule has 6 heteroatoms. The molecule has 0 heterocycles. The number of benzene rings is 2. The van der Waals surface area contributed by atoms with Crippen LogP contribution in [-0.2, 0) is 4.79 Å². The topological polar surface area (TPSA) is 69.2 Å². The number of nitrogens with zero attached hydrogens (tertiary/aromatic N) is 1. The van der Waals surface area contributed by atoms with Gasteiger partial charge in [0.05, 0.1) is 19.9 Å². The average Bonchev–Trinajstić information content (AvgIpc) is 2.62. The lowest BCUT2D eigenvalue weighted by Crippen LogP contribution is -2.25. The lowest BCUT2D eigenvalue weighted by atomic mass is 10.1. The summed E-state index contributed by atoms with van der Waals surface area (Å²) in [5.74, 6) is 1.67. The van der Waals surface area contributed by atoms with Gasteiger partial charge in [-0.2, -0.15) is 5.10 Å². The third-order valence-electron chi connectivity index (χ3n) is 3.65. The van der Waals surface area contributed by atoms with Crippen molar-refractivity contribution < 1.29 is 19.0 Å². The number of hydrogen-bond donors (Lipinski definition) is 1. The molecule has 0 bridgehead atoms. The van der Waals surface area contributed by atoms with Crippen molar-refractivity contribution in [1.29, 1.82) is 0 Å². The number of amides is 1. The number of hydrogen-bond acceptors (Lipinski definition) is 5. The first-order chi connectivity index (χ1) is 12.5. The monoisotopic (exact) mass is 356 g/mol. The summed E-state index contributed by atoms with van der Waals surface area (Å²) >= 11 is 0. The molecule has 138 valence electrons. The largest absolute Gasteiger partial charge is 0.493 e. The van der Waals surface area contributed by atoms with E-state index in [-0.39, 0.29) is 12.5 Å². The Kier molecular flexibility index (Phi) is 7.02. The second-order valence-electron chi connectivity index (χ2n) is 5.65. The second kappa shape index (κ2) is 9.46. The summed E-state index contributed by atoms with van der Waals surface area (Å²) in [5.41, 5.74) is 5.21. The Morgan fingerprint density at radius 1 is 1.12 bits per heavy atom. The van der Waals surface area contributed by atoms with Crippen LogP contribution in [0.2, 0.25) is 0 Å². The molecular weight excluding hydrogens is 332 g/mol. The van der Waals surface area contributed by atoms with Crippen LogP contribution < -0.4 is 19.6 Å². The van der Waals surface area contributed by atoms with Gasteiger partial charge in [0.25, 0.3) is 5.91 Å². The van der Waals surface area contributed by atoms with E-state index in [2.05, 4.69) is 10.5 Å². The lowest BCUT2D eigenvalue weighted by molar-refractivity contribution is -0.123. The van der Waals surface area contributed by atoms with Crippen LogP contribution >= 0.6 is 0 Å². The van der Waals surface area contributed by atoms with Gasteiger partial charge in [0.15, 0.2) is 18.1 Å². The maximum absolute atomic E-state index is 11.9. The maximum atomic E-state index is 11.9. The highest BCUT2D eigenvalue weighted by atomic mass is 16.5. The Balaban J connectivity index is 1.90. The van der Waals surface area contributed by atoms with Gasteiger partial charge in [-0.1, -0.05) is 18.2 Å².